The van der Waals surface area contributed by atoms with Crippen molar-refractivity contribution in [3.8, 4) is 0 Å². The van der Waals surface area contributed by atoms with Crippen molar-refractivity contribution < 1.29 is 17.6 Å². The van der Waals surface area contributed by atoms with Gasteiger partial charge in [-0.05, 0) is 12.1 Å². The van der Waals surface area contributed by atoms with Crippen molar-refractivity contribution >= 4 is 39.6 Å². The predicted molar refractivity (Wildman–Crippen MR) is 135 cm³/mol. The van der Waals surface area contributed by atoms with Crippen LogP contribution in [0.5, 0.6) is 0 Å². The van der Waals surface area contributed by atoms with Gasteiger partial charge in [0.05, 0.1) is 18.3 Å². The molecule has 3 nitrogen and oxygen atoms in total. The molecule has 0 amide bonds. The number of rotatable bonds is 4. The molecule has 0 saturated heterocycles. The lowest BCUT2D eigenvalue weighted by atomic mass is 10.1. The monoisotopic (exact) mass is 489 g/mol. The fourth-order valence-corrected chi connectivity index (χ4v) is 7.70. The van der Waals surface area contributed by atoms with Crippen LogP contribution < -0.4 is 21.5 Å². The van der Waals surface area contributed by atoms with E-state index in [1.54, 1.807) is 6.07 Å². The lowest BCUT2D eigenvalue weighted by molar-refractivity contribution is -0.136. The van der Waals surface area contributed by atoms with Gasteiger partial charge < -0.3 is 4.42 Å². The highest BCUT2D eigenvalue weighted by Crippen LogP contribution is 2.49. The van der Waals surface area contributed by atoms with E-state index >= 15 is 0 Å². The molecule has 0 fully saturated rings. The molecule has 0 radical (unpaired) electrons. The van der Waals surface area contributed by atoms with Crippen LogP contribution in [0.3, 0.4) is 0 Å². The summed E-state index contributed by atoms with van der Waals surface area (Å²) in [6.45, 7) is 0. The fraction of sp³-hybridized carbons (Fsp3) is 0.0357. The standard InChI is InChI=1S/C28H19F3NO2P/c29-28(30,31)25-19-27(33)34-26-18-20(16-17-24(25)26)32-35(21-10-4-1-5-11-21,22-12-6-2-7-13-22)23-14-8-3-9-15-23/h1-19H. The first-order valence-corrected chi connectivity index (χ1v) is 12.6. The Bertz CT molecular complexity index is 1490. The summed E-state index contributed by atoms with van der Waals surface area (Å²) in [4.78, 5) is 11.9. The van der Waals surface area contributed by atoms with Crippen LogP contribution >= 0.6 is 7.05 Å². The van der Waals surface area contributed by atoms with E-state index in [4.69, 9.17) is 9.16 Å². The molecule has 0 bridgehead atoms. The molecule has 0 spiro atoms. The Morgan fingerprint density at radius 1 is 0.657 bits per heavy atom. The number of hydrogen-bond acceptors (Lipinski definition) is 3. The molecule has 7 heteroatoms. The molecule has 0 unspecified atom stereocenters. The summed E-state index contributed by atoms with van der Waals surface area (Å²) in [6, 6.07) is 34.3. The Morgan fingerprint density at radius 3 is 1.60 bits per heavy atom. The summed E-state index contributed by atoms with van der Waals surface area (Å²) in [7, 11) is -2.63. The highest BCUT2D eigenvalue weighted by atomic mass is 31.2. The van der Waals surface area contributed by atoms with Crippen LogP contribution in [0.1, 0.15) is 5.56 Å². The first-order valence-electron chi connectivity index (χ1n) is 10.8. The maximum atomic E-state index is 13.5. The number of halogens is 3. The van der Waals surface area contributed by atoms with Crippen molar-refractivity contribution in [1.29, 1.82) is 0 Å². The zero-order valence-corrected chi connectivity index (χ0v) is 19.2. The second-order valence-electron chi connectivity index (χ2n) is 7.90. The Hall–Kier alpha value is -3.89. The van der Waals surface area contributed by atoms with Gasteiger partial charge in [0.15, 0.2) is 0 Å². The first kappa shape index (κ1) is 22.9. The number of alkyl halides is 3. The van der Waals surface area contributed by atoms with Gasteiger partial charge in [0.25, 0.3) is 0 Å². The molecule has 0 aliphatic heterocycles. The molecule has 1 aromatic heterocycles. The summed E-state index contributed by atoms with van der Waals surface area (Å²) in [5.41, 5.74) is -1.81. The van der Waals surface area contributed by atoms with Gasteiger partial charge in [-0.1, -0.05) is 91.0 Å². The van der Waals surface area contributed by atoms with Crippen molar-refractivity contribution in [1.82, 2.24) is 0 Å². The van der Waals surface area contributed by atoms with Gasteiger partial charge in [-0.25, -0.2) is 4.79 Å². The molecule has 35 heavy (non-hydrogen) atoms. The molecule has 4 aromatic carbocycles. The molecule has 0 aliphatic rings. The van der Waals surface area contributed by atoms with E-state index in [0.29, 0.717) is 11.8 Å². The highest BCUT2D eigenvalue weighted by molar-refractivity contribution is 7.87. The highest BCUT2D eigenvalue weighted by Gasteiger charge is 2.34. The normalized spacial score (nSPS) is 12.0. The van der Waals surface area contributed by atoms with Crippen molar-refractivity contribution in [3.05, 3.63) is 131 Å². The summed E-state index contributed by atoms with van der Waals surface area (Å²) < 4.78 is 51.0. The number of hydrogen-bond donors (Lipinski definition) is 0. The van der Waals surface area contributed by atoms with Gasteiger partial charge in [-0.15, -0.1) is 0 Å². The average Bonchev–Trinajstić information content (AvgIpc) is 2.87. The Kier molecular flexibility index (Phi) is 5.91. The number of benzene rings is 4. The molecule has 0 atom stereocenters. The van der Waals surface area contributed by atoms with Crippen molar-refractivity contribution in [2.45, 2.75) is 6.18 Å². The van der Waals surface area contributed by atoms with Gasteiger partial charge in [-0.3, -0.25) is 4.74 Å². The molecule has 0 aliphatic carbocycles. The first-order chi connectivity index (χ1) is 16.9. The zero-order valence-electron chi connectivity index (χ0n) is 18.3. The van der Waals surface area contributed by atoms with Gasteiger partial charge in [0, 0.05) is 33.4 Å². The minimum Gasteiger partial charge on any atom is -0.423 e. The Balaban J connectivity index is 1.87. The van der Waals surface area contributed by atoms with Gasteiger partial charge >= 0.3 is 11.8 Å². The second-order valence-corrected chi connectivity index (χ2v) is 10.9. The smallest absolute Gasteiger partial charge is 0.417 e. The van der Waals surface area contributed by atoms with Crippen LogP contribution in [-0.2, 0) is 6.18 Å². The maximum absolute atomic E-state index is 13.5. The molecular formula is C28H19F3NO2P. The van der Waals surface area contributed by atoms with E-state index in [1.807, 2.05) is 91.0 Å². The Labute approximate surface area is 199 Å². The summed E-state index contributed by atoms with van der Waals surface area (Å²) in [5, 5.41) is 2.79. The SMILES string of the molecule is O=c1cc(C(F)(F)F)c2ccc(N=P(c3ccccc3)(c3ccccc3)c3ccccc3)cc2o1. The van der Waals surface area contributed by atoms with Crippen LogP contribution in [0.25, 0.3) is 11.0 Å². The zero-order chi connectivity index (χ0) is 24.5. The number of nitrogens with zero attached hydrogens (tertiary/aromatic N) is 1. The second kappa shape index (κ2) is 9.05. The third kappa shape index (κ3) is 4.33. The quantitative estimate of drug-likeness (QED) is 0.210. The average molecular weight is 489 g/mol. The van der Waals surface area contributed by atoms with Crippen molar-refractivity contribution in [2.75, 3.05) is 0 Å². The summed E-state index contributed by atoms with van der Waals surface area (Å²) in [6.07, 6.45) is -4.68. The fourth-order valence-electron chi connectivity index (χ4n) is 4.17. The van der Waals surface area contributed by atoms with Crippen molar-refractivity contribution in [2.24, 2.45) is 4.74 Å². The van der Waals surface area contributed by atoms with E-state index in [2.05, 4.69) is 0 Å². The van der Waals surface area contributed by atoms with Gasteiger partial charge in [-0.2, -0.15) is 13.2 Å². The van der Waals surface area contributed by atoms with Crippen LogP contribution in [0.4, 0.5) is 18.9 Å². The lowest BCUT2D eigenvalue weighted by Crippen LogP contribution is -2.25. The van der Waals surface area contributed by atoms with E-state index in [1.165, 1.54) is 12.1 Å². The van der Waals surface area contributed by atoms with Crippen molar-refractivity contribution in [3.63, 3.8) is 0 Å². The van der Waals surface area contributed by atoms with E-state index in [-0.39, 0.29) is 11.0 Å². The minimum atomic E-state index is -4.68. The van der Waals surface area contributed by atoms with Crippen LogP contribution in [0, 0.1) is 0 Å². The third-order valence-electron chi connectivity index (χ3n) is 5.69. The molecular weight excluding hydrogens is 470 g/mol. The lowest BCUT2D eigenvalue weighted by Gasteiger charge is -2.27. The summed E-state index contributed by atoms with van der Waals surface area (Å²) in [5.74, 6) is 0. The topological polar surface area (TPSA) is 42.6 Å². The van der Waals surface area contributed by atoms with Crippen LogP contribution in [0.15, 0.2) is 129 Å². The van der Waals surface area contributed by atoms with Crippen LogP contribution in [0.2, 0.25) is 0 Å². The molecule has 5 aromatic rings. The summed E-state index contributed by atoms with van der Waals surface area (Å²) >= 11 is 0. The van der Waals surface area contributed by atoms with E-state index < -0.39 is 24.4 Å². The van der Waals surface area contributed by atoms with Crippen LogP contribution in [-0.4, -0.2) is 0 Å². The maximum Gasteiger partial charge on any atom is 0.417 e. The van der Waals surface area contributed by atoms with Gasteiger partial charge in [0.1, 0.15) is 5.58 Å². The number of fused-ring (bicyclic) bond motifs is 1. The van der Waals surface area contributed by atoms with E-state index in [0.717, 1.165) is 15.9 Å². The molecule has 0 N–H and O–H groups in total. The van der Waals surface area contributed by atoms with Gasteiger partial charge in [0.2, 0.25) is 0 Å². The molecule has 1 heterocycles. The molecule has 5 rings (SSSR count). The molecule has 174 valence electrons. The Morgan fingerprint density at radius 2 is 1.14 bits per heavy atom. The minimum absolute atomic E-state index is 0.154. The molecule has 0 saturated carbocycles. The van der Waals surface area contributed by atoms with E-state index in [9.17, 15) is 18.0 Å². The largest absolute Gasteiger partial charge is 0.423 e. The predicted octanol–water partition coefficient (Wildman–Crippen LogP) is 6.62. The third-order valence-corrected chi connectivity index (χ3v) is 9.36.